The molecule has 0 radical (unpaired) electrons. The van der Waals surface area contributed by atoms with Gasteiger partial charge in [0.2, 0.25) is 5.91 Å². The van der Waals surface area contributed by atoms with Gasteiger partial charge in [0.05, 0.1) is 17.6 Å². The van der Waals surface area contributed by atoms with Crippen molar-refractivity contribution in [3.05, 3.63) is 0 Å². The van der Waals surface area contributed by atoms with Crippen LogP contribution in [0.15, 0.2) is 0 Å². The van der Waals surface area contributed by atoms with Gasteiger partial charge in [0.15, 0.2) is 27.8 Å². The summed E-state index contributed by atoms with van der Waals surface area (Å²) >= 11 is 0. The van der Waals surface area contributed by atoms with E-state index in [1.807, 2.05) is 0 Å². The number of piperidine rings is 1. The highest BCUT2D eigenvalue weighted by molar-refractivity contribution is 9.26. The fourth-order valence-corrected chi connectivity index (χ4v) is 13.9. The minimum atomic E-state index is -2.03. The van der Waals surface area contributed by atoms with Crippen LogP contribution in [0.5, 0.6) is 0 Å². The van der Waals surface area contributed by atoms with E-state index < -0.39 is 62.3 Å². The van der Waals surface area contributed by atoms with Crippen LogP contribution in [0.3, 0.4) is 0 Å². The number of aliphatic hydroxyl groups excluding tert-OH is 1. The molecule has 6 aliphatic heterocycles. The fraction of sp³-hybridized carbons (Fsp3) is 0.800. The van der Waals surface area contributed by atoms with E-state index in [9.17, 15) is 29.4 Å². The third-order valence-electron chi connectivity index (χ3n) is 8.13. The summed E-state index contributed by atoms with van der Waals surface area (Å²) in [4.78, 5) is 54.3. The third-order valence-corrected chi connectivity index (χ3v) is 15.5. The van der Waals surface area contributed by atoms with E-state index in [0.29, 0.717) is 0 Å². The number of ketones is 2. The highest BCUT2D eigenvalue weighted by Gasteiger charge is 2.82. The first-order chi connectivity index (χ1) is 15.7. The molecule has 188 valence electrons. The smallest absolute Gasteiger partial charge is 0.302 e. The summed E-state index contributed by atoms with van der Waals surface area (Å²) < 4.78 is 9.90. The highest BCUT2D eigenvalue weighted by Crippen LogP contribution is 2.68. The first kappa shape index (κ1) is 25.2. The Balaban J connectivity index is 1.62. The van der Waals surface area contributed by atoms with Crippen molar-refractivity contribution < 1.29 is 38.9 Å². The number of Topliss-reactive ketones (excluding diaryl/α,β-unsaturated/α-hetero) is 2. The van der Waals surface area contributed by atoms with E-state index in [1.54, 1.807) is 20.8 Å². The summed E-state index contributed by atoms with van der Waals surface area (Å²) in [5.41, 5.74) is -4.64. The molecule has 7 atom stereocenters. The molecule has 14 heteroatoms. The normalized spacial score (nSPS) is 47.7. The van der Waals surface area contributed by atoms with Crippen molar-refractivity contribution in [3.63, 3.8) is 0 Å². The zero-order chi connectivity index (χ0) is 25.1. The molecule has 1 amide bonds. The number of carbonyl (C=O) groups excluding carboxylic acids is 4. The van der Waals surface area contributed by atoms with Crippen LogP contribution >= 0.6 is 41.2 Å². The van der Waals surface area contributed by atoms with E-state index in [4.69, 9.17) is 9.47 Å². The number of nitrogens with zero attached hydrogens (tertiary/aromatic N) is 2. The van der Waals surface area contributed by atoms with E-state index in [1.165, 1.54) is 54.2 Å². The Morgan fingerprint density at radius 3 is 2.47 bits per heavy atom. The van der Waals surface area contributed by atoms with Crippen molar-refractivity contribution in [1.29, 1.82) is 0 Å². The van der Waals surface area contributed by atoms with Crippen LogP contribution in [0.1, 0.15) is 34.1 Å². The molecule has 0 aromatic carbocycles. The number of fused-ring (bicyclic) bond motifs is 5. The third kappa shape index (κ3) is 2.79. The summed E-state index contributed by atoms with van der Waals surface area (Å²) in [5.74, 6) is -1.75. The number of esters is 1. The number of hydrogen-bond acceptors (Lipinski definition) is 13. The SMILES string of the molecule is CC(=O)OCC12SSSSC3(CC4(O)C(O)C5(CN4C3C1=O)OC(C)C(C)(C)C5=O)C(=O)N2C. The molecule has 6 aliphatic rings. The average Bonchev–Trinajstić information content (AvgIpc) is 3.21. The van der Waals surface area contributed by atoms with Crippen LogP contribution in [0.2, 0.25) is 0 Å². The lowest BCUT2D eigenvalue weighted by Crippen LogP contribution is -2.74. The molecule has 0 saturated carbocycles. The molecule has 2 spiro atoms. The molecule has 6 saturated heterocycles. The van der Waals surface area contributed by atoms with Crippen molar-refractivity contribution >= 4 is 64.7 Å². The molecule has 6 fully saturated rings. The highest BCUT2D eigenvalue weighted by atomic mass is 33.7. The van der Waals surface area contributed by atoms with Crippen LogP contribution in [0.4, 0.5) is 0 Å². The molecule has 6 rings (SSSR count). The zero-order valence-corrected chi connectivity index (χ0v) is 22.5. The second-order valence-corrected chi connectivity index (χ2v) is 16.4. The molecule has 10 nitrogen and oxygen atoms in total. The van der Waals surface area contributed by atoms with Crippen molar-refractivity contribution in [2.75, 3.05) is 20.2 Å². The van der Waals surface area contributed by atoms with Crippen molar-refractivity contribution in [2.24, 2.45) is 5.41 Å². The summed E-state index contributed by atoms with van der Waals surface area (Å²) in [6, 6.07) is -1.15. The molecular formula is C20H26N2O8S4. The quantitative estimate of drug-likeness (QED) is 0.368. The van der Waals surface area contributed by atoms with Crippen molar-refractivity contribution in [1.82, 2.24) is 9.80 Å². The predicted octanol–water partition coefficient (Wildman–Crippen LogP) is 0.607. The van der Waals surface area contributed by atoms with Crippen molar-refractivity contribution in [2.45, 2.75) is 73.3 Å². The largest absolute Gasteiger partial charge is 0.462 e. The lowest BCUT2D eigenvalue weighted by atomic mass is 9.75. The van der Waals surface area contributed by atoms with Crippen LogP contribution in [-0.4, -0.2) is 103 Å². The number of hydrogen-bond donors (Lipinski definition) is 2. The minimum absolute atomic E-state index is 0.223. The summed E-state index contributed by atoms with van der Waals surface area (Å²) in [7, 11) is 6.38. The van der Waals surface area contributed by atoms with Crippen LogP contribution < -0.4 is 0 Å². The number of ether oxygens (including phenoxy) is 2. The molecule has 34 heavy (non-hydrogen) atoms. The molecule has 0 aromatic heterocycles. The second-order valence-electron chi connectivity index (χ2n) is 10.2. The number of carbonyl (C=O) groups is 4. The summed E-state index contributed by atoms with van der Waals surface area (Å²) in [6.07, 6.45) is -2.42. The van der Waals surface area contributed by atoms with E-state index in [-0.39, 0.29) is 25.4 Å². The van der Waals surface area contributed by atoms with E-state index in [0.717, 1.165) is 10.8 Å². The maximum Gasteiger partial charge on any atom is 0.302 e. The number of rotatable bonds is 2. The molecule has 0 aliphatic carbocycles. The van der Waals surface area contributed by atoms with Gasteiger partial charge in [-0.2, -0.15) is 0 Å². The van der Waals surface area contributed by atoms with Crippen LogP contribution in [-0.2, 0) is 28.7 Å². The molecule has 0 aromatic rings. The van der Waals surface area contributed by atoms with Gasteiger partial charge in [0.1, 0.15) is 17.5 Å². The molecule has 2 N–H and O–H groups in total. The Kier molecular flexibility index (Phi) is 5.57. The number of aliphatic hydroxyl groups is 2. The van der Waals surface area contributed by atoms with Gasteiger partial charge in [0.25, 0.3) is 0 Å². The van der Waals surface area contributed by atoms with Gasteiger partial charge in [-0.15, -0.1) is 0 Å². The standard InChI is InChI=1S/C20H26N2O8S4/c1-9-16(3,4)13(25)17(30-9)7-22-11-12(24)20(8-29-10(2)23)21(5)15(27)18(11,31-33-34-32-20)6-19(22,28)14(17)26/h9,11,14,26,28H,6-8H2,1-5H3. The molecule has 7 unspecified atom stereocenters. The van der Waals surface area contributed by atoms with E-state index >= 15 is 0 Å². The monoisotopic (exact) mass is 550 g/mol. The predicted molar refractivity (Wildman–Crippen MR) is 128 cm³/mol. The van der Waals surface area contributed by atoms with Crippen molar-refractivity contribution in [3.8, 4) is 0 Å². The summed E-state index contributed by atoms with van der Waals surface area (Å²) in [6.45, 7) is 5.85. The Hall–Kier alpha value is -0.480. The second kappa shape index (κ2) is 7.53. The minimum Gasteiger partial charge on any atom is -0.462 e. The molecule has 6 heterocycles. The van der Waals surface area contributed by atoms with Gasteiger partial charge in [0, 0.05) is 26.9 Å². The lowest BCUT2D eigenvalue weighted by molar-refractivity contribution is -0.172. The maximum absolute atomic E-state index is 14.2. The van der Waals surface area contributed by atoms with Crippen LogP contribution in [0.25, 0.3) is 0 Å². The number of amides is 1. The van der Waals surface area contributed by atoms with E-state index in [2.05, 4.69) is 0 Å². The lowest BCUT2D eigenvalue weighted by Gasteiger charge is -2.52. The Morgan fingerprint density at radius 1 is 1.24 bits per heavy atom. The Bertz CT molecular complexity index is 1010. The molecule has 2 bridgehead atoms. The Morgan fingerprint density at radius 2 is 1.88 bits per heavy atom. The Labute approximate surface area is 211 Å². The first-order valence-electron chi connectivity index (χ1n) is 10.8. The van der Waals surface area contributed by atoms with Gasteiger partial charge in [-0.3, -0.25) is 24.1 Å². The average molecular weight is 551 g/mol. The first-order valence-corrected chi connectivity index (χ1v) is 15.6. The van der Waals surface area contributed by atoms with Gasteiger partial charge < -0.3 is 24.6 Å². The summed E-state index contributed by atoms with van der Waals surface area (Å²) in [5, 5.41) is 23.3. The number of likely N-dealkylation sites (N-methyl/N-ethyl adjacent to an activating group) is 1. The van der Waals surface area contributed by atoms with Gasteiger partial charge >= 0.3 is 5.97 Å². The fourth-order valence-electron chi connectivity index (χ4n) is 5.92. The zero-order valence-electron chi connectivity index (χ0n) is 19.2. The van der Waals surface area contributed by atoms with Gasteiger partial charge in [-0.05, 0) is 37.4 Å². The van der Waals surface area contributed by atoms with Gasteiger partial charge in [-0.1, -0.05) is 24.6 Å². The van der Waals surface area contributed by atoms with Crippen LogP contribution in [0, 0.1) is 5.41 Å². The molecular weight excluding hydrogens is 524 g/mol. The topological polar surface area (TPSA) is 134 Å². The maximum atomic E-state index is 14.2. The van der Waals surface area contributed by atoms with Gasteiger partial charge in [-0.25, -0.2) is 0 Å².